The van der Waals surface area contributed by atoms with E-state index in [1.807, 2.05) is 37.3 Å². The zero-order valence-electron chi connectivity index (χ0n) is 8.65. The van der Waals surface area contributed by atoms with Gasteiger partial charge in [-0.1, -0.05) is 30.3 Å². The first-order valence-corrected chi connectivity index (χ1v) is 5.12. The molecule has 1 unspecified atom stereocenters. The maximum absolute atomic E-state index is 9.65. The Morgan fingerprint density at radius 2 is 2.00 bits per heavy atom. The van der Waals surface area contributed by atoms with E-state index in [0.29, 0.717) is 19.4 Å². The van der Waals surface area contributed by atoms with Gasteiger partial charge in [-0.25, -0.2) is 0 Å². The molecule has 0 bridgehead atoms. The highest BCUT2D eigenvalue weighted by atomic mass is 16.5. The third-order valence-corrected chi connectivity index (χ3v) is 2.11. The minimum absolute atomic E-state index is 0.288. The number of hydrogen-bond acceptors (Lipinski definition) is 2. The van der Waals surface area contributed by atoms with Crippen LogP contribution in [0.15, 0.2) is 30.3 Å². The van der Waals surface area contributed by atoms with Crippen LogP contribution in [0.4, 0.5) is 0 Å². The van der Waals surface area contributed by atoms with E-state index < -0.39 is 0 Å². The van der Waals surface area contributed by atoms with E-state index in [-0.39, 0.29) is 6.10 Å². The van der Waals surface area contributed by atoms with Gasteiger partial charge in [0.05, 0.1) is 6.10 Å². The molecule has 0 radical (unpaired) electrons. The Bertz CT molecular complexity index is 233. The molecule has 0 fully saturated rings. The normalized spacial score (nSPS) is 12.7. The Hall–Kier alpha value is -0.860. The van der Waals surface area contributed by atoms with E-state index in [2.05, 4.69) is 0 Å². The van der Waals surface area contributed by atoms with E-state index in [1.54, 1.807) is 0 Å². The summed E-state index contributed by atoms with van der Waals surface area (Å²) in [5.74, 6) is 0. The Kier molecular flexibility index (Phi) is 5.27. The van der Waals surface area contributed by atoms with Crippen LogP contribution in [-0.2, 0) is 11.2 Å². The van der Waals surface area contributed by atoms with Crippen LogP contribution in [0.5, 0.6) is 0 Å². The first-order chi connectivity index (χ1) is 6.83. The van der Waals surface area contributed by atoms with E-state index in [1.165, 1.54) is 5.56 Å². The maximum atomic E-state index is 9.65. The molecule has 1 aromatic rings. The molecular formula is C12H18O2. The number of aliphatic hydroxyl groups excluding tert-OH is 1. The van der Waals surface area contributed by atoms with Gasteiger partial charge in [0.25, 0.3) is 0 Å². The topological polar surface area (TPSA) is 29.5 Å². The molecule has 0 saturated heterocycles. The smallest absolute Gasteiger partial charge is 0.0602 e. The van der Waals surface area contributed by atoms with Crippen molar-refractivity contribution in [2.75, 3.05) is 13.2 Å². The standard InChI is InChI=1S/C12H18O2/c1-2-14-9-8-12(13)10-11-6-4-3-5-7-11/h3-7,12-13H,2,8-10H2,1H3. The van der Waals surface area contributed by atoms with Gasteiger partial charge in [0, 0.05) is 13.2 Å². The van der Waals surface area contributed by atoms with Gasteiger partial charge in [0.15, 0.2) is 0 Å². The lowest BCUT2D eigenvalue weighted by atomic mass is 10.1. The lowest BCUT2D eigenvalue weighted by Gasteiger charge is -2.10. The molecule has 0 aliphatic carbocycles. The van der Waals surface area contributed by atoms with Crippen molar-refractivity contribution in [2.24, 2.45) is 0 Å². The summed E-state index contributed by atoms with van der Waals surface area (Å²) in [6.45, 7) is 3.33. The molecule has 0 saturated carbocycles. The van der Waals surface area contributed by atoms with Gasteiger partial charge >= 0.3 is 0 Å². The molecule has 1 atom stereocenters. The highest BCUT2D eigenvalue weighted by Crippen LogP contribution is 2.05. The minimum atomic E-state index is -0.288. The van der Waals surface area contributed by atoms with Gasteiger partial charge in [-0.15, -0.1) is 0 Å². The van der Waals surface area contributed by atoms with Crippen LogP contribution >= 0.6 is 0 Å². The lowest BCUT2D eigenvalue weighted by Crippen LogP contribution is -2.13. The second-order valence-corrected chi connectivity index (χ2v) is 3.33. The second kappa shape index (κ2) is 6.57. The van der Waals surface area contributed by atoms with Crippen LogP contribution in [0.3, 0.4) is 0 Å². The number of hydrogen-bond donors (Lipinski definition) is 1. The van der Waals surface area contributed by atoms with Crippen molar-refractivity contribution in [2.45, 2.75) is 25.9 Å². The molecule has 1 aromatic carbocycles. The molecule has 0 aromatic heterocycles. The fourth-order valence-corrected chi connectivity index (χ4v) is 1.35. The van der Waals surface area contributed by atoms with Crippen molar-refractivity contribution in [3.8, 4) is 0 Å². The molecule has 78 valence electrons. The highest BCUT2D eigenvalue weighted by molar-refractivity contribution is 5.15. The number of benzene rings is 1. The van der Waals surface area contributed by atoms with Gasteiger partial charge < -0.3 is 9.84 Å². The summed E-state index contributed by atoms with van der Waals surface area (Å²) >= 11 is 0. The molecular weight excluding hydrogens is 176 g/mol. The van der Waals surface area contributed by atoms with E-state index in [4.69, 9.17) is 4.74 Å². The van der Waals surface area contributed by atoms with Crippen molar-refractivity contribution >= 4 is 0 Å². The van der Waals surface area contributed by atoms with Crippen LogP contribution < -0.4 is 0 Å². The van der Waals surface area contributed by atoms with E-state index in [9.17, 15) is 5.11 Å². The molecule has 0 amide bonds. The summed E-state index contributed by atoms with van der Waals surface area (Å²) in [4.78, 5) is 0. The molecule has 2 nitrogen and oxygen atoms in total. The summed E-state index contributed by atoms with van der Waals surface area (Å²) in [7, 11) is 0. The van der Waals surface area contributed by atoms with Crippen LogP contribution in [-0.4, -0.2) is 24.4 Å². The van der Waals surface area contributed by atoms with E-state index >= 15 is 0 Å². The second-order valence-electron chi connectivity index (χ2n) is 3.33. The fraction of sp³-hybridized carbons (Fsp3) is 0.500. The number of ether oxygens (including phenoxy) is 1. The zero-order valence-corrected chi connectivity index (χ0v) is 8.65. The third-order valence-electron chi connectivity index (χ3n) is 2.11. The Morgan fingerprint density at radius 1 is 1.29 bits per heavy atom. The summed E-state index contributed by atoms with van der Waals surface area (Å²) < 4.78 is 5.18. The van der Waals surface area contributed by atoms with Gasteiger partial charge in [-0.3, -0.25) is 0 Å². The van der Waals surface area contributed by atoms with Crippen molar-refractivity contribution in [1.29, 1.82) is 0 Å². The summed E-state index contributed by atoms with van der Waals surface area (Å²) in [6, 6.07) is 10.0. The summed E-state index contributed by atoms with van der Waals surface area (Å²) in [6.07, 6.45) is 1.14. The number of aliphatic hydroxyl groups is 1. The predicted molar refractivity (Wildman–Crippen MR) is 57.3 cm³/mol. The van der Waals surface area contributed by atoms with Gasteiger partial charge in [0.2, 0.25) is 0 Å². The molecule has 1 N–H and O–H groups in total. The van der Waals surface area contributed by atoms with Crippen molar-refractivity contribution in [3.63, 3.8) is 0 Å². The molecule has 2 heteroatoms. The van der Waals surface area contributed by atoms with Crippen LogP contribution in [0, 0.1) is 0 Å². The zero-order chi connectivity index (χ0) is 10.2. The quantitative estimate of drug-likeness (QED) is 0.702. The highest BCUT2D eigenvalue weighted by Gasteiger charge is 2.04. The summed E-state index contributed by atoms with van der Waals surface area (Å²) in [5, 5.41) is 9.65. The number of rotatable bonds is 6. The van der Waals surface area contributed by atoms with Crippen LogP contribution in [0.2, 0.25) is 0 Å². The molecule has 0 spiro atoms. The van der Waals surface area contributed by atoms with Crippen molar-refractivity contribution in [3.05, 3.63) is 35.9 Å². The predicted octanol–water partition coefficient (Wildman–Crippen LogP) is 2.02. The monoisotopic (exact) mass is 194 g/mol. The Labute approximate surface area is 85.5 Å². The SMILES string of the molecule is CCOCCC(O)Cc1ccccc1. The van der Waals surface area contributed by atoms with Crippen LogP contribution in [0.1, 0.15) is 18.9 Å². The van der Waals surface area contributed by atoms with Gasteiger partial charge in [0.1, 0.15) is 0 Å². The average molecular weight is 194 g/mol. The fourth-order valence-electron chi connectivity index (χ4n) is 1.35. The third kappa shape index (κ3) is 4.40. The first kappa shape index (κ1) is 11.2. The van der Waals surface area contributed by atoms with Crippen LogP contribution in [0.25, 0.3) is 0 Å². The Balaban J connectivity index is 2.23. The van der Waals surface area contributed by atoms with E-state index in [0.717, 1.165) is 6.61 Å². The minimum Gasteiger partial charge on any atom is -0.393 e. The summed E-state index contributed by atoms with van der Waals surface area (Å²) in [5.41, 5.74) is 1.18. The molecule has 0 aliphatic heterocycles. The first-order valence-electron chi connectivity index (χ1n) is 5.12. The average Bonchev–Trinajstić information content (AvgIpc) is 2.20. The largest absolute Gasteiger partial charge is 0.393 e. The molecule has 0 heterocycles. The lowest BCUT2D eigenvalue weighted by molar-refractivity contribution is 0.0887. The van der Waals surface area contributed by atoms with Crippen molar-refractivity contribution < 1.29 is 9.84 Å². The van der Waals surface area contributed by atoms with Crippen molar-refractivity contribution in [1.82, 2.24) is 0 Å². The molecule has 1 rings (SSSR count). The molecule has 14 heavy (non-hydrogen) atoms. The van der Waals surface area contributed by atoms with Gasteiger partial charge in [-0.05, 0) is 25.3 Å². The Morgan fingerprint density at radius 3 is 2.64 bits per heavy atom. The van der Waals surface area contributed by atoms with Gasteiger partial charge in [-0.2, -0.15) is 0 Å². The molecule has 0 aliphatic rings. The maximum Gasteiger partial charge on any atom is 0.0602 e.